The van der Waals surface area contributed by atoms with Gasteiger partial charge in [-0.05, 0) is 113 Å². The number of carbonyl (C=O) groups is 5. The van der Waals surface area contributed by atoms with Crippen molar-refractivity contribution in [2.75, 3.05) is 31.4 Å². The Morgan fingerprint density at radius 1 is 0.974 bits per heavy atom. The zero-order valence-corrected chi connectivity index (χ0v) is 45.1. The smallest absolute Gasteiger partial charge is 0.353 e. The molecule has 2 aromatic heterocycles. The molecule has 5 aromatic rings. The third-order valence-electron chi connectivity index (χ3n) is 12.4. The van der Waals surface area contributed by atoms with Gasteiger partial charge in [0, 0.05) is 30.0 Å². The van der Waals surface area contributed by atoms with Crippen LogP contribution in [0, 0.1) is 12.7 Å². The van der Waals surface area contributed by atoms with E-state index < -0.39 is 69.3 Å². The van der Waals surface area contributed by atoms with Gasteiger partial charge >= 0.3 is 20.0 Å². The molecule has 3 aliphatic heterocycles. The van der Waals surface area contributed by atoms with E-state index >= 15 is 4.39 Å². The monoisotopic (exact) mass is 1080 g/mol. The first kappa shape index (κ1) is 54.8. The fourth-order valence-electron chi connectivity index (χ4n) is 8.58. The molecule has 3 amide bonds. The van der Waals surface area contributed by atoms with Crippen LogP contribution < -0.4 is 33.7 Å². The average Bonchev–Trinajstić information content (AvgIpc) is 3.83. The number of carbonyl (C=O) groups excluding carboxylic acids is 5. The van der Waals surface area contributed by atoms with E-state index in [0.717, 1.165) is 30.1 Å². The second-order valence-electron chi connectivity index (χ2n) is 19.4. The van der Waals surface area contributed by atoms with Crippen molar-refractivity contribution in [3.8, 4) is 23.0 Å². The highest BCUT2D eigenvalue weighted by Crippen LogP contribution is 2.39. The molecular weight excluding hydrogens is 1020 g/mol. The van der Waals surface area contributed by atoms with Crippen molar-refractivity contribution in [3.63, 3.8) is 0 Å². The molecule has 1 unspecified atom stereocenters. The molecule has 3 aliphatic rings. The van der Waals surface area contributed by atoms with E-state index in [1.54, 1.807) is 107 Å². The SMILES string of the molecule is BOC(=O)C1=C(C[n+]2cccc3c2CCCN3C(=O)c2cc(F)c(OCc3ccc(OC)cc3)c(OCc3ccc(OC)cc3)c2)C[S+]([O-])[C@@H]2[C@H](NC(=O)/C(=N\OC(C)(C)C(=O)OC(C)(C)C)c3csc(C)n3)C(=O)N12. The molecule has 398 valence electrons. The summed E-state index contributed by atoms with van der Waals surface area (Å²) in [5.74, 6) is -3.63. The van der Waals surface area contributed by atoms with Crippen molar-refractivity contribution in [3.05, 3.63) is 135 Å². The molecule has 0 bridgehead atoms. The molecule has 3 aromatic carbocycles. The van der Waals surface area contributed by atoms with Gasteiger partial charge in [-0.2, -0.15) is 4.57 Å². The summed E-state index contributed by atoms with van der Waals surface area (Å²) in [6.07, 6.45) is 2.75. The molecule has 19 nitrogen and oxygen atoms in total. The molecular formula is C53H57BFN6O13S2+. The summed E-state index contributed by atoms with van der Waals surface area (Å²) in [7, 11) is 4.28. The largest absolute Gasteiger partial charge is 0.614 e. The van der Waals surface area contributed by atoms with E-state index in [2.05, 4.69) is 15.5 Å². The highest BCUT2D eigenvalue weighted by Gasteiger charge is 2.62. The summed E-state index contributed by atoms with van der Waals surface area (Å²) in [4.78, 5) is 81.9. The second-order valence-corrected chi connectivity index (χ2v) is 22.0. The number of amides is 3. The van der Waals surface area contributed by atoms with Crippen molar-refractivity contribution >= 4 is 71.6 Å². The molecule has 1 N–H and O–H groups in total. The number of esters is 1. The Morgan fingerprint density at radius 3 is 2.24 bits per heavy atom. The van der Waals surface area contributed by atoms with Crippen molar-refractivity contribution in [1.82, 2.24) is 15.2 Å². The van der Waals surface area contributed by atoms with Crippen LogP contribution in [0.15, 0.2) is 101 Å². The number of rotatable bonds is 18. The lowest BCUT2D eigenvalue weighted by Gasteiger charge is -2.48. The predicted molar refractivity (Wildman–Crippen MR) is 279 cm³/mol. The number of aryl methyl sites for hydroxylation is 1. The first-order chi connectivity index (χ1) is 36.2. The van der Waals surface area contributed by atoms with Crippen LogP contribution in [0.4, 0.5) is 10.1 Å². The first-order valence-electron chi connectivity index (χ1n) is 24.1. The minimum absolute atomic E-state index is 0.00174. The number of methoxy groups -OCH3 is 2. The highest BCUT2D eigenvalue weighted by atomic mass is 32.2. The van der Waals surface area contributed by atoms with E-state index in [1.807, 2.05) is 16.7 Å². The van der Waals surface area contributed by atoms with Crippen LogP contribution in [-0.4, -0.2) is 107 Å². The van der Waals surface area contributed by atoms with Crippen LogP contribution in [0.1, 0.15) is 78.9 Å². The zero-order valence-electron chi connectivity index (χ0n) is 43.4. The lowest BCUT2D eigenvalue weighted by atomic mass is 10.0. The summed E-state index contributed by atoms with van der Waals surface area (Å²) in [5.41, 5.74) is 0.150. The van der Waals surface area contributed by atoms with Crippen LogP contribution >= 0.6 is 11.3 Å². The van der Waals surface area contributed by atoms with E-state index in [4.69, 9.17) is 33.2 Å². The summed E-state index contributed by atoms with van der Waals surface area (Å²) in [5, 5.41) is 7.62. The number of anilines is 1. The van der Waals surface area contributed by atoms with Crippen LogP contribution in [-0.2, 0) is 70.8 Å². The van der Waals surface area contributed by atoms with Gasteiger partial charge in [-0.3, -0.25) is 19.3 Å². The number of thiazole rings is 1. The maximum absolute atomic E-state index is 16.3. The van der Waals surface area contributed by atoms with Gasteiger partial charge in [0.2, 0.25) is 16.7 Å². The zero-order chi connectivity index (χ0) is 54.6. The lowest BCUT2D eigenvalue weighted by Crippen LogP contribution is -2.75. The number of aromatic nitrogens is 2. The van der Waals surface area contributed by atoms with Crippen molar-refractivity contribution < 1.29 is 70.7 Å². The van der Waals surface area contributed by atoms with Crippen molar-refractivity contribution in [1.29, 1.82) is 0 Å². The van der Waals surface area contributed by atoms with Crippen LogP contribution in [0.3, 0.4) is 0 Å². The summed E-state index contributed by atoms with van der Waals surface area (Å²) in [6.45, 7) is 9.91. The molecule has 0 radical (unpaired) electrons. The molecule has 8 rings (SSSR count). The fraction of sp³-hybridized carbons (Fsp3) is 0.358. The number of ether oxygens (including phenoxy) is 5. The number of halogens is 1. The van der Waals surface area contributed by atoms with Gasteiger partial charge < -0.3 is 47.9 Å². The minimum atomic E-state index is -1.87. The third kappa shape index (κ3) is 12.0. The maximum atomic E-state index is 16.3. The van der Waals surface area contributed by atoms with Gasteiger partial charge in [-0.1, -0.05) is 29.4 Å². The molecule has 0 aliphatic carbocycles. The molecule has 3 atom stereocenters. The number of nitrogens with one attached hydrogen (secondary N) is 1. The van der Waals surface area contributed by atoms with Crippen LogP contribution in [0.5, 0.6) is 23.0 Å². The molecule has 0 saturated carbocycles. The third-order valence-corrected chi connectivity index (χ3v) is 14.8. The Balaban J connectivity index is 1.04. The molecule has 0 spiro atoms. The van der Waals surface area contributed by atoms with Crippen LogP contribution in [0.2, 0.25) is 0 Å². The van der Waals surface area contributed by atoms with Crippen molar-refractivity contribution in [2.45, 2.75) is 96.8 Å². The number of β-lactam (4-membered cyclic amide) rings is 1. The van der Waals surface area contributed by atoms with Crippen LogP contribution in [0.25, 0.3) is 0 Å². The van der Waals surface area contributed by atoms with E-state index in [9.17, 15) is 28.5 Å². The molecule has 5 heterocycles. The number of benzene rings is 3. The molecule has 76 heavy (non-hydrogen) atoms. The number of pyridine rings is 1. The summed E-state index contributed by atoms with van der Waals surface area (Å²) >= 11 is -0.645. The van der Waals surface area contributed by atoms with Gasteiger partial charge in [-0.15, -0.1) is 11.3 Å². The Bertz CT molecular complexity index is 3110. The molecule has 23 heteroatoms. The number of oxime groups is 1. The number of hydrogen-bond acceptors (Lipinski definition) is 16. The average molecular weight is 1080 g/mol. The summed E-state index contributed by atoms with van der Waals surface area (Å²) < 4.78 is 65.8. The second kappa shape index (κ2) is 22.8. The van der Waals surface area contributed by atoms with E-state index in [-0.39, 0.29) is 66.2 Å². The van der Waals surface area contributed by atoms with Gasteiger partial charge in [0.1, 0.15) is 53.1 Å². The van der Waals surface area contributed by atoms with Gasteiger partial charge in [-0.25, -0.2) is 19.0 Å². The predicted octanol–water partition coefficient (Wildman–Crippen LogP) is 4.95. The minimum Gasteiger partial charge on any atom is -0.614 e. The Labute approximate surface area is 446 Å². The normalized spacial score (nSPS) is 17.4. The van der Waals surface area contributed by atoms with Gasteiger partial charge in [0.05, 0.1) is 24.8 Å². The Morgan fingerprint density at radius 2 is 1.63 bits per heavy atom. The van der Waals surface area contributed by atoms with Gasteiger partial charge in [0.25, 0.3) is 17.7 Å². The topological polar surface area (TPSA) is 221 Å². The Hall–Kier alpha value is -7.50. The van der Waals surface area contributed by atoms with E-state index in [1.165, 1.54) is 31.3 Å². The quantitative estimate of drug-likeness (QED) is 0.0234. The fourth-order valence-corrected chi connectivity index (χ4v) is 10.8. The molecule has 1 fully saturated rings. The first-order valence-corrected chi connectivity index (χ1v) is 26.4. The maximum Gasteiger partial charge on any atom is 0.353 e. The lowest BCUT2D eigenvalue weighted by molar-refractivity contribution is -0.696. The number of hydrogen-bond donors (Lipinski definition) is 1. The molecule has 1 saturated heterocycles. The summed E-state index contributed by atoms with van der Waals surface area (Å²) in [6, 6.07) is 19.0. The van der Waals surface area contributed by atoms with Gasteiger partial charge in [0.15, 0.2) is 41.8 Å². The Kier molecular flexibility index (Phi) is 16.4. The number of nitrogens with zero attached hydrogens (tertiary/aromatic N) is 5. The van der Waals surface area contributed by atoms with Crippen molar-refractivity contribution in [2.24, 2.45) is 5.16 Å². The van der Waals surface area contributed by atoms with E-state index in [0.29, 0.717) is 46.3 Å². The highest BCUT2D eigenvalue weighted by molar-refractivity contribution is 7.92. The standard InChI is InChI=1S/C53H56BFN6O13S2/c1-30-56-38(28-75-30)42(58-74-53(5,6)51(66)72-52(2,3)4)46(62)57-43-48(64)61-44(50(65)73-54)34(29-76(67)49(43)61)25-59-21-9-12-40-39(59)11-10-22-60(40)47(63)33-23-37(55)45(71-27-32-15-19-36(69-8)20-16-32)41(24-33)70-26-31-13-17-35(68-7)18-14-31/h9,12-21,23-24,28,43,49H,10-11,22,25-27,29,54H2,1-8H3/p+1/b58-42-/t43-,49-,76?/m1/s1. The number of fused-ring (bicyclic) bond motifs is 2.